The van der Waals surface area contributed by atoms with E-state index in [1.165, 1.54) is 50.5 Å². The zero-order valence-corrected chi connectivity index (χ0v) is 9.81. The summed E-state index contributed by atoms with van der Waals surface area (Å²) in [5, 5.41) is 0. The molecule has 0 saturated heterocycles. The molecular weight excluding hydrogens is 194 g/mol. The van der Waals surface area contributed by atoms with Crippen LogP contribution in [-0.2, 0) is 0 Å². The Kier molecular flexibility index (Phi) is 5.92. The predicted octanol–water partition coefficient (Wildman–Crippen LogP) is 4.06. The van der Waals surface area contributed by atoms with Crippen LogP contribution in [0.15, 0.2) is 11.8 Å². The van der Waals surface area contributed by atoms with Crippen LogP contribution in [0.4, 0.5) is 0 Å². The first kappa shape index (κ1) is 11.8. The molecule has 1 rings (SSSR count). The summed E-state index contributed by atoms with van der Waals surface area (Å²) in [6, 6.07) is 0. The van der Waals surface area contributed by atoms with Crippen LogP contribution < -0.4 is 0 Å². The molecule has 0 aromatic rings. The second-order valence-electron chi connectivity index (χ2n) is 3.77. The summed E-state index contributed by atoms with van der Waals surface area (Å²) in [6.07, 6.45) is 10.8. The largest absolute Gasteiger partial charge is 0.246 e. The third kappa shape index (κ3) is 4.27. The van der Waals surface area contributed by atoms with Gasteiger partial charge in [0.25, 0.3) is 0 Å². The number of hydrogen-bond acceptors (Lipinski definition) is 2. The van der Waals surface area contributed by atoms with Crippen LogP contribution in [-0.4, -0.2) is 9.92 Å². The summed E-state index contributed by atoms with van der Waals surface area (Å²) in [5.41, 5.74) is 0.991. The van der Waals surface area contributed by atoms with Crippen LogP contribution in [0.3, 0.4) is 0 Å². The van der Waals surface area contributed by atoms with E-state index in [4.69, 9.17) is 0 Å². The standard InChI is InChI=1S/C11H20NOS/c1-2-3-4-5-6-7-8-11-9-10-14-12(11)13/h9H,2-8,10H2,1H3/q+1. The Labute approximate surface area is 90.9 Å². The molecule has 14 heavy (non-hydrogen) atoms. The van der Waals surface area contributed by atoms with Crippen LogP contribution in [0.5, 0.6) is 0 Å². The van der Waals surface area contributed by atoms with Crippen molar-refractivity contribution < 1.29 is 4.17 Å². The second kappa shape index (κ2) is 7.04. The van der Waals surface area contributed by atoms with Gasteiger partial charge in [0.2, 0.25) is 17.6 Å². The Morgan fingerprint density at radius 2 is 2.00 bits per heavy atom. The molecule has 0 saturated carbocycles. The lowest BCUT2D eigenvalue weighted by Gasteiger charge is -1.97. The first-order chi connectivity index (χ1) is 6.84. The van der Waals surface area contributed by atoms with Crippen molar-refractivity contribution in [3.8, 4) is 0 Å². The van der Waals surface area contributed by atoms with Crippen molar-refractivity contribution in [2.45, 2.75) is 51.9 Å². The molecule has 0 fully saturated rings. The summed E-state index contributed by atoms with van der Waals surface area (Å²) >= 11 is 1.36. The van der Waals surface area contributed by atoms with Gasteiger partial charge >= 0.3 is 0 Å². The maximum Gasteiger partial charge on any atom is 0.246 e. The molecule has 0 atom stereocenters. The average molecular weight is 214 g/mol. The third-order valence-corrected chi connectivity index (χ3v) is 3.32. The smallest absolute Gasteiger partial charge is 0.0654 e. The highest BCUT2D eigenvalue weighted by molar-refractivity contribution is 7.93. The Morgan fingerprint density at radius 1 is 1.29 bits per heavy atom. The van der Waals surface area contributed by atoms with E-state index in [1.807, 2.05) is 0 Å². The Bertz CT molecular complexity index is 213. The van der Waals surface area contributed by atoms with Crippen molar-refractivity contribution in [3.63, 3.8) is 0 Å². The molecule has 0 aromatic carbocycles. The normalized spacial score (nSPS) is 16.1. The number of nitrogens with zero attached hydrogens (tertiary/aromatic N) is 1. The average Bonchev–Trinajstić information content (AvgIpc) is 2.58. The highest BCUT2D eigenvalue weighted by Crippen LogP contribution is 2.23. The number of allylic oxidation sites excluding steroid dienone is 1. The lowest BCUT2D eigenvalue weighted by Crippen LogP contribution is -1.92. The van der Waals surface area contributed by atoms with E-state index in [0.717, 1.165) is 22.0 Å². The van der Waals surface area contributed by atoms with Gasteiger partial charge in [-0.25, -0.2) is 0 Å². The molecule has 1 aliphatic heterocycles. The topological polar surface area (TPSA) is 20.1 Å². The molecule has 2 nitrogen and oxygen atoms in total. The monoisotopic (exact) mass is 214 g/mol. The second-order valence-corrected chi connectivity index (χ2v) is 4.69. The Hall–Kier alpha value is -0.310. The van der Waals surface area contributed by atoms with Crippen LogP contribution in [0.1, 0.15) is 51.9 Å². The molecule has 0 N–H and O–H groups in total. The summed E-state index contributed by atoms with van der Waals surface area (Å²) in [5.74, 6) is 0.870. The van der Waals surface area contributed by atoms with Gasteiger partial charge in [0.05, 0.1) is 5.75 Å². The molecule has 0 amide bonds. The lowest BCUT2D eigenvalue weighted by molar-refractivity contribution is -0.309. The van der Waals surface area contributed by atoms with Crippen LogP contribution in [0.2, 0.25) is 0 Å². The maximum atomic E-state index is 11.2. The summed E-state index contributed by atoms with van der Waals surface area (Å²) in [7, 11) is 0. The van der Waals surface area contributed by atoms with Gasteiger partial charge in [0.15, 0.2) is 0 Å². The van der Waals surface area contributed by atoms with Crippen molar-refractivity contribution in [1.29, 1.82) is 0 Å². The molecule has 0 spiro atoms. The fraction of sp³-hybridized carbons (Fsp3) is 0.818. The van der Waals surface area contributed by atoms with E-state index in [9.17, 15) is 4.91 Å². The maximum absolute atomic E-state index is 11.2. The van der Waals surface area contributed by atoms with E-state index < -0.39 is 0 Å². The number of unbranched alkanes of at least 4 members (excludes halogenated alkanes) is 5. The number of rotatable bonds is 7. The molecule has 1 heterocycles. The Morgan fingerprint density at radius 3 is 2.64 bits per heavy atom. The van der Waals surface area contributed by atoms with Crippen molar-refractivity contribution >= 4 is 11.9 Å². The fourth-order valence-corrected chi connectivity index (χ4v) is 2.37. The van der Waals surface area contributed by atoms with Gasteiger partial charge in [-0.3, -0.25) is 0 Å². The summed E-state index contributed by atoms with van der Waals surface area (Å²) in [4.78, 5) is 11.2. The first-order valence-corrected chi connectivity index (χ1v) is 6.58. The zero-order valence-electron chi connectivity index (χ0n) is 9.00. The quantitative estimate of drug-likeness (QED) is 0.362. The van der Waals surface area contributed by atoms with Crippen LogP contribution >= 0.6 is 11.9 Å². The lowest BCUT2D eigenvalue weighted by atomic mass is 10.1. The number of nitroso groups, excluding NO2 is 1. The van der Waals surface area contributed by atoms with Gasteiger partial charge < -0.3 is 0 Å². The van der Waals surface area contributed by atoms with E-state index in [0.29, 0.717) is 0 Å². The van der Waals surface area contributed by atoms with Gasteiger partial charge in [-0.1, -0.05) is 39.0 Å². The van der Waals surface area contributed by atoms with E-state index in [-0.39, 0.29) is 0 Å². The summed E-state index contributed by atoms with van der Waals surface area (Å²) in [6.45, 7) is 2.23. The molecule has 0 aromatic heterocycles. The van der Waals surface area contributed by atoms with E-state index >= 15 is 0 Å². The minimum absolute atomic E-state index is 0.870. The molecule has 0 unspecified atom stereocenters. The van der Waals surface area contributed by atoms with Gasteiger partial charge in [0.1, 0.15) is 4.17 Å². The van der Waals surface area contributed by atoms with E-state index in [2.05, 4.69) is 13.0 Å². The van der Waals surface area contributed by atoms with Crippen molar-refractivity contribution in [2.24, 2.45) is 0 Å². The molecule has 3 heteroatoms. The van der Waals surface area contributed by atoms with E-state index in [1.54, 1.807) is 0 Å². The van der Waals surface area contributed by atoms with Crippen molar-refractivity contribution in [2.75, 3.05) is 5.75 Å². The minimum Gasteiger partial charge on any atom is -0.0654 e. The fourth-order valence-electron chi connectivity index (χ4n) is 1.64. The van der Waals surface area contributed by atoms with Gasteiger partial charge in [-0.15, -0.1) is 0 Å². The Balaban J connectivity index is 1.96. The molecule has 1 aliphatic rings. The van der Waals surface area contributed by atoms with Gasteiger partial charge in [-0.2, -0.15) is 0 Å². The SMILES string of the molecule is CCCCCCCCC1=CCS[N+]1=O. The molecule has 0 radical (unpaired) electrons. The minimum atomic E-state index is 0.870. The first-order valence-electron chi connectivity index (χ1n) is 5.64. The van der Waals surface area contributed by atoms with Crippen molar-refractivity contribution in [1.82, 2.24) is 0 Å². The molecule has 0 aliphatic carbocycles. The zero-order chi connectivity index (χ0) is 10.2. The highest BCUT2D eigenvalue weighted by Gasteiger charge is 2.24. The van der Waals surface area contributed by atoms with Crippen LogP contribution in [0, 0.1) is 4.91 Å². The summed E-state index contributed by atoms with van der Waals surface area (Å²) < 4.78 is 1.08. The van der Waals surface area contributed by atoms with Gasteiger partial charge in [0, 0.05) is 17.4 Å². The molecule has 0 bridgehead atoms. The van der Waals surface area contributed by atoms with Crippen LogP contribution in [0.25, 0.3) is 0 Å². The van der Waals surface area contributed by atoms with Gasteiger partial charge in [-0.05, 0) is 6.42 Å². The predicted molar refractivity (Wildman–Crippen MR) is 62.2 cm³/mol. The number of hydrogen-bond donors (Lipinski definition) is 0. The molecular formula is C11H20NOS+. The highest BCUT2D eigenvalue weighted by atomic mass is 32.2. The third-order valence-electron chi connectivity index (χ3n) is 2.53. The molecule has 80 valence electrons. The van der Waals surface area contributed by atoms with Crippen molar-refractivity contribution in [3.05, 3.63) is 16.7 Å².